The summed E-state index contributed by atoms with van der Waals surface area (Å²) in [6.45, 7) is 2.07. The molecule has 0 bridgehead atoms. The first kappa shape index (κ1) is 11.8. The molecule has 88 valence electrons. The van der Waals surface area contributed by atoms with E-state index in [9.17, 15) is 0 Å². The van der Waals surface area contributed by atoms with E-state index in [1.165, 1.54) is 29.2 Å². The molecule has 1 aliphatic rings. The molecule has 0 spiro atoms. The highest BCUT2D eigenvalue weighted by Crippen LogP contribution is 2.24. The molecule has 1 N–H and O–H groups in total. The van der Waals surface area contributed by atoms with Gasteiger partial charge in [-0.15, -0.1) is 0 Å². The number of benzene rings is 1. The van der Waals surface area contributed by atoms with Gasteiger partial charge in [-0.05, 0) is 36.8 Å². The maximum absolute atomic E-state index is 5.33. The first-order chi connectivity index (χ1) is 7.79. The van der Waals surface area contributed by atoms with Crippen molar-refractivity contribution in [3.8, 4) is 0 Å². The highest BCUT2D eigenvalue weighted by molar-refractivity contribution is 7.99. The van der Waals surface area contributed by atoms with E-state index in [-0.39, 0.29) is 6.10 Å². The van der Waals surface area contributed by atoms with Crippen LogP contribution in [0.3, 0.4) is 0 Å². The van der Waals surface area contributed by atoms with Crippen molar-refractivity contribution < 1.29 is 4.74 Å². The normalized spacial score (nSPS) is 22.0. The van der Waals surface area contributed by atoms with Gasteiger partial charge in [-0.2, -0.15) is 11.8 Å². The lowest BCUT2D eigenvalue weighted by atomic mass is 10.1. The molecule has 1 heterocycles. The summed E-state index contributed by atoms with van der Waals surface area (Å²) < 4.78 is 5.33. The number of hydrogen-bond acceptors (Lipinski definition) is 3. The van der Waals surface area contributed by atoms with Crippen molar-refractivity contribution >= 4 is 17.4 Å². The molecule has 0 radical (unpaired) electrons. The summed E-state index contributed by atoms with van der Waals surface area (Å²) in [6, 6.07) is 9.17. The van der Waals surface area contributed by atoms with Crippen molar-refractivity contribution in [1.82, 2.24) is 0 Å². The summed E-state index contributed by atoms with van der Waals surface area (Å²) >= 11 is 2.03. The Morgan fingerprint density at radius 2 is 2.38 bits per heavy atom. The van der Waals surface area contributed by atoms with Gasteiger partial charge in [0.15, 0.2) is 0 Å². The fourth-order valence-electron chi connectivity index (χ4n) is 1.90. The number of nitrogens with one attached hydrogen (secondary N) is 1. The van der Waals surface area contributed by atoms with Crippen LogP contribution in [0.15, 0.2) is 24.3 Å². The van der Waals surface area contributed by atoms with E-state index in [4.69, 9.17) is 4.74 Å². The predicted molar refractivity (Wildman–Crippen MR) is 71.2 cm³/mol. The fraction of sp³-hybridized carbons (Fsp3) is 0.538. The molecular formula is C13H19NOS. The first-order valence-corrected chi connectivity index (χ1v) is 6.92. The summed E-state index contributed by atoms with van der Waals surface area (Å²) in [4.78, 5) is 0. The number of hydrogen-bond donors (Lipinski definition) is 1. The molecule has 1 aromatic rings. The van der Waals surface area contributed by atoms with E-state index in [1.807, 2.05) is 11.8 Å². The molecule has 2 rings (SSSR count). The molecule has 2 nitrogen and oxygen atoms in total. The van der Waals surface area contributed by atoms with Crippen LogP contribution in [0.2, 0.25) is 0 Å². The predicted octanol–water partition coefficient (Wildman–Crippen LogP) is 3.31. The van der Waals surface area contributed by atoms with Gasteiger partial charge in [-0.1, -0.05) is 12.1 Å². The summed E-state index contributed by atoms with van der Waals surface area (Å²) in [5.41, 5.74) is 2.45. The molecule has 1 aromatic carbocycles. The van der Waals surface area contributed by atoms with Crippen LogP contribution in [0.4, 0.5) is 5.69 Å². The molecule has 2 unspecified atom stereocenters. The molecule has 0 amide bonds. The quantitative estimate of drug-likeness (QED) is 0.868. The van der Waals surface area contributed by atoms with E-state index in [1.54, 1.807) is 7.11 Å². The Bertz CT molecular complexity index is 336. The summed E-state index contributed by atoms with van der Waals surface area (Å²) in [5, 5.41) is 3.58. The third-order valence-electron chi connectivity index (χ3n) is 3.01. The second kappa shape index (κ2) is 5.60. The largest absolute Gasteiger partial charge is 0.381 e. The van der Waals surface area contributed by atoms with Crippen LogP contribution in [-0.4, -0.2) is 24.7 Å². The minimum atomic E-state index is 0.166. The minimum absolute atomic E-state index is 0.166. The molecule has 3 heteroatoms. The molecule has 1 fully saturated rings. The summed E-state index contributed by atoms with van der Waals surface area (Å²) in [7, 11) is 1.75. The van der Waals surface area contributed by atoms with Gasteiger partial charge in [0.05, 0.1) is 6.10 Å². The zero-order valence-electron chi connectivity index (χ0n) is 9.90. The Kier molecular flexibility index (Phi) is 4.13. The van der Waals surface area contributed by atoms with Gasteiger partial charge in [0, 0.05) is 24.6 Å². The fourth-order valence-corrected chi connectivity index (χ4v) is 3.05. The lowest BCUT2D eigenvalue weighted by Crippen LogP contribution is -2.18. The van der Waals surface area contributed by atoms with Crippen molar-refractivity contribution in [2.45, 2.75) is 25.5 Å². The van der Waals surface area contributed by atoms with E-state index < -0.39 is 0 Å². The van der Waals surface area contributed by atoms with Crippen LogP contribution >= 0.6 is 11.8 Å². The highest BCUT2D eigenvalue weighted by atomic mass is 32.2. The highest BCUT2D eigenvalue weighted by Gasteiger charge is 2.15. The Labute approximate surface area is 102 Å². The molecule has 0 aromatic heterocycles. The average molecular weight is 237 g/mol. The van der Waals surface area contributed by atoms with Gasteiger partial charge < -0.3 is 10.1 Å². The Balaban J connectivity index is 2.03. The second-order valence-electron chi connectivity index (χ2n) is 4.21. The topological polar surface area (TPSA) is 21.3 Å². The Morgan fingerprint density at radius 1 is 1.50 bits per heavy atom. The number of ether oxygens (including phenoxy) is 1. The van der Waals surface area contributed by atoms with Gasteiger partial charge in [0.1, 0.15) is 0 Å². The smallest absolute Gasteiger partial charge is 0.0793 e. The second-order valence-corrected chi connectivity index (χ2v) is 5.36. The Morgan fingerprint density at radius 3 is 3.06 bits per heavy atom. The van der Waals surface area contributed by atoms with Crippen LogP contribution in [-0.2, 0) is 4.74 Å². The maximum atomic E-state index is 5.33. The average Bonchev–Trinajstić information content (AvgIpc) is 2.81. The lowest BCUT2D eigenvalue weighted by molar-refractivity contribution is 0.119. The van der Waals surface area contributed by atoms with Gasteiger partial charge >= 0.3 is 0 Å². The van der Waals surface area contributed by atoms with Gasteiger partial charge in [-0.3, -0.25) is 0 Å². The third kappa shape index (κ3) is 2.92. The monoisotopic (exact) mass is 237 g/mol. The van der Waals surface area contributed by atoms with Crippen molar-refractivity contribution in [1.29, 1.82) is 0 Å². The zero-order valence-corrected chi connectivity index (χ0v) is 10.7. The van der Waals surface area contributed by atoms with E-state index in [0.717, 1.165) is 0 Å². The van der Waals surface area contributed by atoms with Gasteiger partial charge in [0.2, 0.25) is 0 Å². The van der Waals surface area contributed by atoms with E-state index in [2.05, 4.69) is 36.5 Å². The molecule has 1 aliphatic heterocycles. The zero-order chi connectivity index (χ0) is 11.4. The third-order valence-corrected chi connectivity index (χ3v) is 4.17. The van der Waals surface area contributed by atoms with Crippen LogP contribution in [0.5, 0.6) is 0 Å². The van der Waals surface area contributed by atoms with Gasteiger partial charge in [0.25, 0.3) is 0 Å². The van der Waals surface area contributed by atoms with Crippen LogP contribution in [0, 0.1) is 0 Å². The van der Waals surface area contributed by atoms with Crippen LogP contribution in [0.1, 0.15) is 25.0 Å². The molecule has 16 heavy (non-hydrogen) atoms. The van der Waals surface area contributed by atoms with Gasteiger partial charge in [-0.25, -0.2) is 0 Å². The van der Waals surface area contributed by atoms with Crippen molar-refractivity contribution in [3.05, 3.63) is 29.8 Å². The molecule has 0 aliphatic carbocycles. The maximum Gasteiger partial charge on any atom is 0.0793 e. The summed E-state index contributed by atoms with van der Waals surface area (Å²) in [5.74, 6) is 2.51. The first-order valence-electron chi connectivity index (χ1n) is 5.76. The number of rotatable bonds is 4. The van der Waals surface area contributed by atoms with Crippen LogP contribution < -0.4 is 5.32 Å². The number of anilines is 1. The summed E-state index contributed by atoms with van der Waals surface area (Å²) in [6.07, 6.45) is 1.44. The molecule has 0 saturated carbocycles. The van der Waals surface area contributed by atoms with Crippen molar-refractivity contribution in [3.63, 3.8) is 0 Å². The number of thioether (sulfide) groups is 1. The minimum Gasteiger partial charge on any atom is -0.381 e. The number of methoxy groups -OCH3 is 1. The Hall–Kier alpha value is -0.670. The van der Waals surface area contributed by atoms with Crippen molar-refractivity contribution in [2.75, 3.05) is 23.9 Å². The molecular weight excluding hydrogens is 218 g/mol. The van der Waals surface area contributed by atoms with E-state index in [0.29, 0.717) is 6.04 Å². The molecule has 1 saturated heterocycles. The lowest BCUT2D eigenvalue weighted by Gasteiger charge is -2.15. The SMILES string of the molecule is COC(C)c1cccc(NC2CCSC2)c1. The standard InChI is InChI=1S/C13H19NOS/c1-10(15-2)11-4-3-5-12(8-11)14-13-6-7-16-9-13/h3-5,8,10,13-14H,6-7,9H2,1-2H3. The van der Waals surface area contributed by atoms with E-state index >= 15 is 0 Å². The molecule has 2 atom stereocenters. The van der Waals surface area contributed by atoms with Crippen molar-refractivity contribution in [2.24, 2.45) is 0 Å². The van der Waals surface area contributed by atoms with Crippen LogP contribution in [0.25, 0.3) is 0 Å².